The number of aliphatic hydroxyl groups excluding tert-OH is 1. The zero-order valence-corrected chi connectivity index (χ0v) is 6.56. The van der Waals surface area contributed by atoms with E-state index in [1.54, 1.807) is 0 Å². The van der Waals surface area contributed by atoms with Gasteiger partial charge < -0.3 is 15.1 Å². The number of hydrogen-bond acceptors (Lipinski definition) is 3. The molecule has 1 aliphatic rings. The van der Waals surface area contributed by atoms with Gasteiger partial charge in [0.1, 0.15) is 0 Å². The first-order valence-corrected chi connectivity index (χ1v) is 3.81. The molecule has 1 amide bonds. The fraction of sp³-hybridized carbons (Fsp3) is 0.714. The van der Waals surface area contributed by atoms with Gasteiger partial charge in [0.2, 0.25) is 0 Å². The molecule has 1 fully saturated rings. The number of carbonyl (C=O) groups excluding carboxylic acids is 1. The summed E-state index contributed by atoms with van der Waals surface area (Å²) in [5.41, 5.74) is 0. The van der Waals surface area contributed by atoms with Crippen LogP contribution in [0.15, 0.2) is 0 Å². The number of rotatable bonds is 1. The Balaban J connectivity index is 2.61. The van der Waals surface area contributed by atoms with Gasteiger partial charge >= 0.3 is 11.9 Å². The highest BCUT2D eigenvalue weighted by Gasteiger charge is 2.31. The van der Waals surface area contributed by atoms with Crippen molar-refractivity contribution >= 4 is 11.9 Å². The Labute approximate surface area is 69.6 Å². The van der Waals surface area contributed by atoms with Gasteiger partial charge in [0, 0.05) is 6.54 Å². The standard InChI is InChI=1S/C7H11NO4/c9-4-5-2-1-3-8(5)6(10)7(11)12/h5,9H,1-4H2,(H,11,12). The van der Waals surface area contributed by atoms with Gasteiger partial charge in [-0.15, -0.1) is 0 Å². The second-order valence-electron chi connectivity index (χ2n) is 2.78. The van der Waals surface area contributed by atoms with E-state index in [1.807, 2.05) is 0 Å². The molecule has 5 nitrogen and oxygen atoms in total. The zero-order chi connectivity index (χ0) is 9.14. The summed E-state index contributed by atoms with van der Waals surface area (Å²) in [5, 5.41) is 17.2. The number of aliphatic hydroxyl groups is 1. The summed E-state index contributed by atoms with van der Waals surface area (Å²) >= 11 is 0. The van der Waals surface area contributed by atoms with E-state index < -0.39 is 11.9 Å². The molecule has 0 radical (unpaired) electrons. The number of nitrogens with zero attached hydrogens (tertiary/aromatic N) is 1. The van der Waals surface area contributed by atoms with E-state index in [0.717, 1.165) is 6.42 Å². The van der Waals surface area contributed by atoms with E-state index in [-0.39, 0.29) is 12.6 Å². The number of amides is 1. The second-order valence-corrected chi connectivity index (χ2v) is 2.78. The molecule has 0 spiro atoms. The highest BCUT2D eigenvalue weighted by atomic mass is 16.4. The molecule has 0 saturated carbocycles. The predicted molar refractivity (Wildman–Crippen MR) is 39.5 cm³/mol. The maximum atomic E-state index is 10.9. The molecule has 0 aromatic carbocycles. The van der Waals surface area contributed by atoms with Crippen LogP contribution in [-0.2, 0) is 9.59 Å². The molecule has 2 N–H and O–H groups in total. The molecule has 1 unspecified atom stereocenters. The monoisotopic (exact) mass is 173 g/mol. The van der Waals surface area contributed by atoms with Crippen molar-refractivity contribution in [2.24, 2.45) is 0 Å². The summed E-state index contributed by atoms with van der Waals surface area (Å²) in [5.74, 6) is -2.36. The minimum absolute atomic E-state index is 0.154. The van der Waals surface area contributed by atoms with Crippen LogP contribution in [0.3, 0.4) is 0 Å². The van der Waals surface area contributed by atoms with E-state index in [4.69, 9.17) is 10.2 Å². The van der Waals surface area contributed by atoms with Crippen LogP contribution in [0.2, 0.25) is 0 Å². The summed E-state index contributed by atoms with van der Waals surface area (Å²) in [4.78, 5) is 22.4. The van der Waals surface area contributed by atoms with Crippen LogP contribution in [0.25, 0.3) is 0 Å². The van der Waals surface area contributed by atoms with Gasteiger partial charge in [0.05, 0.1) is 12.6 Å². The lowest BCUT2D eigenvalue weighted by atomic mass is 10.2. The highest BCUT2D eigenvalue weighted by Crippen LogP contribution is 2.16. The van der Waals surface area contributed by atoms with E-state index in [9.17, 15) is 9.59 Å². The van der Waals surface area contributed by atoms with Crippen molar-refractivity contribution in [2.45, 2.75) is 18.9 Å². The Bertz CT molecular complexity index is 204. The fourth-order valence-electron chi connectivity index (χ4n) is 1.42. The Kier molecular flexibility index (Phi) is 2.65. The topological polar surface area (TPSA) is 77.8 Å². The van der Waals surface area contributed by atoms with Gasteiger partial charge in [-0.05, 0) is 12.8 Å². The van der Waals surface area contributed by atoms with Crippen LogP contribution in [0.1, 0.15) is 12.8 Å². The largest absolute Gasteiger partial charge is 0.474 e. The molecule has 0 aliphatic carbocycles. The average molecular weight is 173 g/mol. The van der Waals surface area contributed by atoms with Gasteiger partial charge in [0.15, 0.2) is 0 Å². The summed E-state index contributed by atoms with van der Waals surface area (Å²) in [6, 6.07) is -0.298. The summed E-state index contributed by atoms with van der Waals surface area (Å²) in [7, 11) is 0. The van der Waals surface area contributed by atoms with Gasteiger partial charge in [-0.1, -0.05) is 0 Å². The van der Waals surface area contributed by atoms with Crippen molar-refractivity contribution in [3.63, 3.8) is 0 Å². The third kappa shape index (κ3) is 1.55. The molecule has 1 saturated heterocycles. The number of carboxylic acids is 1. The van der Waals surface area contributed by atoms with E-state index >= 15 is 0 Å². The number of hydrogen-bond donors (Lipinski definition) is 2. The molecule has 12 heavy (non-hydrogen) atoms. The van der Waals surface area contributed by atoms with Crippen molar-refractivity contribution in [3.05, 3.63) is 0 Å². The lowest BCUT2D eigenvalue weighted by Gasteiger charge is -2.20. The van der Waals surface area contributed by atoms with Crippen molar-refractivity contribution in [1.29, 1.82) is 0 Å². The molecular formula is C7H11NO4. The molecule has 1 heterocycles. The third-order valence-electron chi connectivity index (χ3n) is 2.03. The molecule has 0 aromatic rings. The van der Waals surface area contributed by atoms with Crippen LogP contribution in [0.4, 0.5) is 0 Å². The van der Waals surface area contributed by atoms with Crippen molar-refractivity contribution < 1.29 is 19.8 Å². The zero-order valence-electron chi connectivity index (χ0n) is 6.56. The first-order valence-electron chi connectivity index (χ1n) is 3.81. The molecular weight excluding hydrogens is 162 g/mol. The molecule has 1 aliphatic heterocycles. The average Bonchev–Trinajstić information content (AvgIpc) is 2.49. The summed E-state index contributed by atoms with van der Waals surface area (Å²) < 4.78 is 0. The van der Waals surface area contributed by atoms with E-state index in [0.29, 0.717) is 13.0 Å². The van der Waals surface area contributed by atoms with Crippen LogP contribution < -0.4 is 0 Å². The molecule has 1 atom stereocenters. The normalized spacial score (nSPS) is 22.8. The number of carbonyl (C=O) groups is 2. The lowest BCUT2D eigenvalue weighted by Crippen LogP contribution is -2.41. The molecule has 68 valence electrons. The summed E-state index contributed by atoms with van der Waals surface area (Å²) in [6.45, 7) is 0.287. The van der Waals surface area contributed by atoms with Crippen molar-refractivity contribution in [1.82, 2.24) is 4.90 Å². The van der Waals surface area contributed by atoms with Crippen LogP contribution in [0, 0.1) is 0 Å². The first-order chi connectivity index (χ1) is 5.66. The molecule has 0 bridgehead atoms. The second kappa shape index (κ2) is 3.53. The fourth-order valence-corrected chi connectivity index (χ4v) is 1.42. The van der Waals surface area contributed by atoms with Crippen LogP contribution in [0.5, 0.6) is 0 Å². The van der Waals surface area contributed by atoms with Crippen molar-refractivity contribution in [2.75, 3.05) is 13.2 Å². The smallest absolute Gasteiger partial charge is 0.394 e. The SMILES string of the molecule is O=C(O)C(=O)N1CCCC1CO. The predicted octanol–water partition coefficient (Wildman–Crippen LogP) is -0.946. The highest BCUT2D eigenvalue weighted by molar-refractivity contribution is 6.31. The molecule has 1 rings (SSSR count). The third-order valence-corrected chi connectivity index (χ3v) is 2.03. The van der Waals surface area contributed by atoms with Crippen molar-refractivity contribution in [3.8, 4) is 0 Å². The van der Waals surface area contributed by atoms with Crippen LogP contribution >= 0.6 is 0 Å². The Morgan fingerprint density at radius 3 is 2.67 bits per heavy atom. The maximum Gasteiger partial charge on any atom is 0.394 e. The quantitative estimate of drug-likeness (QED) is 0.501. The number of carboxylic acid groups (broad SMARTS) is 1. The van der Waals surface area contributed by atoms with Gasteiger partial charge in [0.25, 0.3) is 0 Å². The van der Waals surface area contributed by atoms with Crippen LogP contribution in [-0.4, -0.2) is 46.2 Å². The Morgan fingerprint density at radius 2 is 2.17 bits per heavy atom. The summed E-state index contributed by atoms with van der Waals surface area (Å²) in [6.07, 6.45) is 1.46. The minimum atomic E-state index is -1.45. The first kappa shape index (κ1) is 8.99. The number of likely N-dealkylation sites (tertiary alicyclic amines) is 1. The lowest BCUT2D eigenvalue weighted by molar-refractivity contribution is -0.156. The van der Waals surface area contributed by atoms with E-state index in [1.165, 1.54) is 4.90 Å². The number of aliphatic carboxylic acids is 1. The van der Waals surface area contributed by atoms with E-state index in [2.05, 4.69) is 0 Å². The molecule has 0 aromatic heterocycles. The van der Waals surface area contributed by atoms with Gasteiger partial charge in [-0.2, -0.15) is 0 Å². The Morgan fingerprint density at radius 1 is 1.50 bits per heavy atom. The Hall–Kier alpha value is -1.10. The minimum Gasteiger partial charge on any atom is -0.474 e. The van der Waals surface area contributed by atoms with Gasteiger partial charge in [-0.25, -0.2) is 4.79 Å². The molecule has 5 heteroatoms. The van der Waals surface area contributed by atoms with Gasteiger partial charge in [-0.3, -0.25) is 4.79 Å². The maximum absolute atomic E-state index is 10.9.